The van der Waals surface area contributed by atoms with Crippen molar-refractivity contribution in [3.8, 4) is 0 Å². The molecule has 7 N–H and O–H groups in total. The molecule has 0 amide bonds. The summed E-state index contributed by atoms with van der Waals surface area (Å²) in [7, 11) is -2.83. The van der Waals surface area contributed by atoms with Crippen LogP contribution in [0.4, 0.5) is 0 Å². The minimum Gasteiger partial charge on any atom is -0.428 e. The van der Waals surface area contributed by atoms with Gasteiger partial charge >= 0.3 is 11.9 Å². The predicted octanol–water partition coefficient (Wildman–Crippen LogP) is 1.34. The average Bonchev–Trinajstić information content (AvgIpc) is 2.70. The molecule has 1 aromatic rings. The van der Waals surface area contributed by atoms with E-state index < -0.39 is 28.5 Å². The molecule has 0 aliphatic carbocycles. The summed E-state index contributed by atoms with van der Waals surface area (Å²) in [5, 5.41) is 0. The molecule has 0 heterocycles. The summed E-state index contributed by atoms with van der Waals surface area (Å²) in [5.41, 5.74) is 17.5. The fourth-order valence-corrected chi connectivity index (χ4v) is 4.36. The largest absolute Gasteiger partial charge is 0.428 e. The summed E-state index contributed by atoms with van der Waals surface area (Å²) in [5.74, 6) is -1.38. The van der Waals surface area contributed by atoms with Crippen molar-refractivity contribution >= 4 is 50.2 Å². The Labute approximate surface area is 195 Å². The van der Waals surface area contributed by atoms with Gasteiger partial charge in [0.15, 0.2) is 5.96 Å². The van der Waals surface area contributed by atoms with Crippen LogP contribution in [0, 0.1) is 8.35 Å². The third-order valence-corrected chi connectivity index (χ3v) is 6.60. The van der Waals surface area contributed by atoms with Crippen LogP contribution >= 0.6 is 22.6 Å². The van der Waals surface area contributed by atoms with Crippen LogP contribution in [0.1, 0.15) is 30.9 Å². The summed E-state index contributed by atoms with van der Waals surface area (Å²) in [6.07, 6.45) is 2.68. The third kappa shape index (κ3) is 11.0. The van der Waals surface area contributed by atoms with E-state index in [0.29, 0.717) is 13.0 Å². The van der Waals surface area contributed by atoms with Crippen LogP contribution in [-0.2, 0) is 41.8 Å². The molecule has 1 aromatic carbocycles. The molecule has 1 unspecified atom stereocenters. The number of halogens is 1. The molecule has 12 heteroatoms. The normalized spacial score (nSPS) is 13.2. The highest BCUT2D eigenvalue weighted by Crippen LogP contribution is 2.16. The number of aliphatic imine (C=N–C) groups is 1. The number of benzene rings is 1. The van der Waals surface area contributed by atoms with E-state index in [-0.39, 0.29) is 29.6 Å². The summed E-state index contributed by atoms with van der Waals surface area (Å²) < 4.78 is 30.3. The molecule has 0 aliphatic heterocycles. The summed E-state index contributed by atoms with van der Waals surface area (Å²) in [6, 6.07) is 5.42. The fraction of sp³-hybridized carbons (Fsp3) is 0.421. The number of hydrogen-bond acceptors (Lipinski definition) is 8. The average molecular weight is 565 g/mol. The van der Waals surface area contributed by atoms with Crippen LogP contribution in [0.2, 0.25) is 0 Å². The Kier molecular flexibility index (Phi) is 11.3. The van der Waals surface area contributed by atoms with Gasteiger partial charge in [-0.3, -0.25) is 9.57 Å². The lowest BCUT2D eigenvalue weighted by atomic mass is 10.1. The molecule has 0 saturated heterocycles. The molecule has 0 radical (unpaired) electrons. The number of carbonyl (C=O) groups excluding carboxylic acids is 2. The predicted molar refractivity (Wildman–Crippen MR) is 127 cm³/mol. The smallest absolute Gasteiger partial charge is 0.356 e. The number of ether oxygens (including phenoxy) is 2. The first-order valence-corrected chi connectivity index (χ1v) is 12.4. The van der Waals surface area contributed by atoms with Gasteiger partial charge < -0.3 is 26.7 Å². The molecule has 0 aromatic heterocycles. The van der Waals surface area contributed by atoms with Gasteiger partial charge in [0.2, 0.25) is 6.79 Å². The van der Waals surface area contributed by atoms with Crippen molar-refractivity contribution in [3.63, 3.8) is 0 Å². The number of nitrogens with two attached hydrogens (primary N) is 3. The van der Waals surface area contributed by atoms with Gasteiger partial charge in [-0.25, -0.2) is 14.0 Å². The van der Waals surface area contributed by atoms with Crippen LogP contribution in [0.15, 0.2) is 35.0 Å². The maximum Gasteiger partial charge on any atom is 0.356 e. The third-order valence-electron chi connectivity index (χ3n) is 3.94. The minimum absolute atomic E-state index is 0.00234. The van der Waals surface area contributed by atoms with Crippen LogP contribution in [0.5, 0.6) is 0 Å². The molecule has 0 fully saturated rings. The molecule has 0 spiro atoms. The van der Waals surface area contributed by atoms with Gasteiger partial charge in [0.1, 0.15) is 5.70 Å². The van der Waals surface area contributed by atoms with Gasteiger partial charge in [-0.2, -0.15) is 0 Å². The highest BCUT2D eigenvalue weighted by atomic mass is 127. The Morgan fingerprint density at radius 2 is 1.97 bits per heavy atom. The second-order valence-corrected chi connectivity index (χ2v) is 10.1. The Balaban J connectivity index is 2.48. The van der Waals surface area contributed by atoms with Crippen LogP contribution in [-0.4, -0.2) is 40.4 Å². The van der Waals surface area contributed by atoms with E-state index >= 15 is 0 Å². The standard InChI is InChI=1S/C19H28IN5O5S/c1-2-3-7-31(24,28)8-6-16(21)18(27)30-12-29-17(26)10-14-5-4-13(9-15(14)20)11-25-19(22)23/h4-6,9,24H,2-3,7-8,10-12,21H2,1H3,(H4,22,23,25)/b16-6+. The Morgan fingerprint density at radius 3 is 2.58 bits per heavy atom. The first kappa shape index (κ1) is 26.7. The number of hydrogen-bond donors (Lipinski definition) is 4. The maximum atomic E-state index is 12.0. The zero-order chi connectivity index (χ0) is 23.4. The molecule has 10 nitrogen and oxygen atoms in total. The van der Waals surface area contributed by atoms with Crippen molar-refractivity contribution in [2.24, 2.45) is 22.2 Å². The van der Waals surface area contributed by atoms with Crippen molar-refractivity contribution < 1.29 is 23.3 Å². The topological polar surface area (TPSA) is 184 Å². The second kappa shape index (κ2) is 13.1. The lowest BCUT2D eigenvalue weighted by Crippen LogP contribution is -2.22. The number of guanidine groups is 1. The molecule has 0 saturated carbocycles. The highest BCUT2D eigenvalue weighted by molar-refractivity contribution is 14.1. The summed E-state index contributed by atoms with van der Waals surface area (Å²) >= 11 is 2.09. The Morgan fingerprint density at radius 1 is 1.26 bits per heavy atom. The summed E-state index contributed by atoms with van der Waals surface area (Å²) in [4.78, 5) is 27.7. The van der Waals surface area contributed by atoms with Gasteiger partial charge in [0.05, 0.1) is 18.7 Å². The SMILES string of the molecule is CCCCS(=N)(=O)C/C=C(/N)C(=O)OCOC(=O)Cc1ccc(CN=C(N)N)cc1I. The molecule has 0 aliphatic rings. The maximum absolute atomic E-state index is 12.0. The first-order chi connectivity index (χ1) is 14.5. The molecule has 1 atom stereocenters. The van der Waals surface area contributed by atoms with Gasteiger partial charge in [-0.15, -0.1) is 0 Å². The van der Waals surface area contributed by atoms with E-state index in [1.807, 2.05) is 13.0 Å². The van der Waals surface area contributed by atoms with Gasteiger partial charge in [-0.1, -0.05) is 25.5 Å². The van der Waals surface area contributed by atoms with Crippen LogP contribution in [0.25, 0.3) is 0 Å². The quantitative estimate of drug-likeness (QED) is 0.0731. The minimum atomic E-state index is -2.83. The van der Waals surface area contributed by atoms with Crippen molar-refractivity contribution in [2.75, 3.05) is 18.3 Å². The number of nitrogens with zero attached hydrogens (tertiary/aromatic N) is 1. The van der Waals surface area contributed by atoms with Crippen molar-refractivity contribution in [1.82, 2.24) is 0 Å². The number of unbranched alkanes of at least 4 members (excludes halogenated alkanes) is 1. The number of rotatable bonds is 12. The van der Waals surface area contributed by atoms with E-state index in [9.17, 15) is 13.8 Å². The molecule has 1 rings (SSSR count). The monoisotopic (exact) mass is 565 g/mol. The van der Waals surface area contributed by atoms with Gasteiger partial charge in [-0.05, 0) is 52.3 Å². The number of carbonyl (C=O) groups is 2. The zero-order valence-electron chi connectivity index (χ0n) is 17.3. The summed E-state index contributed by atoms with van der Waals surface area (Å²) in [6.45, 7) is 1.67. The first-order valence-electron chi connectivity index (χ1n) is 9.39. The fourth-order valence-electron chi connectivity index (χ4n) is 2.22. The van der Waals surface area contributed by atoms with E-state index in [0.717, 1.165) is 21.1 Å². The molecule has 0 bridgehead atoms. The van der Waals surface area contributed by atoms with E-state index in [1.54, 1.807) is 12.1 Å². The zero-order valence-corrected chi connectivity index (χ0v) is 20.2. The molecular weight excluding hydrogens is 537 g/mol. The Bertz CT molecular complexity index is 943. The van der Waals surface area contributed by atoms with Crippen LogP contribution in [0.3, 0.4) is 0 Å². The van der Waals surface area contributed by atoms with Crippen molar-refractivity contribution in [2.45, 2.75) is 32.7 Å². The van der Waals surface area contributed by atoms with E-state index in [1.165, 1.54) is 6.08 Å². The lowest BCUT2D eigenvalue weighted by molar-refractivity contribution is -0.164. The van der Waals surface area contributed by atoms with Gasteiger partial charge in [0, 0.05) is 19.1 Å². The number of nitrogens with one attached hydrogen (secondary N) is 1. The molecule has 31 heavy (non-hydrogen) atoms. The van der Waals surface area contributed by atoms with Crippen LogP contribution < -0.4 is 17.2 Å². The van der Waals surface area contributed by atoms with E-state index in [4.69, 9.17) is 31.5 Å². The number of esters is 2. The van der Waals surface area contributed by atoms with Crippen molar-refractivity contribution in [3.05, 3.63) is 44.7 Å². The highest BCUT2D eigenvalue weighted by Gasteiger charge is 2.13. The lowest BCUT2D eigenvalue weighted by Gasteiger charge is -2.09. The Hall–Kier alpha value is -2.35. The van der Waals surface area contributed by atoms with E-state index in [2.05, 4.69) is 27.6 Å². The second-order valence-electron chi connectivity index (χ2n) is 6.61. The van der Waals surface area contributed by atoms with Gasteiger partial charge in [0.25, 0.3) is 0 Å². The molecular formula is C19H28IN5O5S. The van der Waals surface area contributed by atoms with Crippen molar-refractivity contribution in [1.29, 1.82) is 4.78 Å². The molecule has 172 valence electrons.